The van der Waals surface area contributed by atoms with Crippen LogP contribution in [0.1, 0.15) is 61.9 Å². The molecule has 4 N–H and O–H groups in total. The largest absolute Gasteiger partial charge is 0.354 e. The molecule has 4 aromatic rings. The Hall–Kier alpha value is -4.89. The van der Waals surface area contributed by atoms with Gasteiger partial charge in [-0.25, -0.2) is 18.1 Å². The van der Waals surface area contributed by atoms with Crippen molar-refractivity contribution in [2.75, 3.05) is 19.6 Å². The zero-order valence-electron chi connectivity index (χ0n) is 28.7. The average molecular weight is 705 g/mol. The predicted octanol–water partition coefficient (Wildman–Crippen LogP) is 2.27. The Morgan fingerprint density at radius 2 is 1.66 bits per heavy atom. The number of sulfonamides is 1. The number of pyridine rings is 1. The van der Waals surface area contributed by atoms with Gasteiger partial charge in [-0.3, -0.25) is 19.2 Å². The maximum absolute atomic E-state index is 14.0. The summed E-state index contributed by atoms with van der Waals surface area (Å²) in [4.78, 5) is 59.5. The number of hydrogen-bond acceptors (Lipinski definition) is 8. The van der Waals surface area contributed by atoms with Crippen molar-refractivity contribution in [1.82, 2.24) is 40.0 Å². The first-order valence-electron chi connectivity index (χ1n) is 16.8. The molecule has 3 heterocycles. The number of benzene rings is 2. The highest BCUT2D eigenvalue weighted by molar-refractivity contribution is 7.89. The third-order valence-electron chi connectivity index (χ3n) is 8.65. The molecule has 0 spiro atoms. The molecule has 3 amide bonds. The first-order valence-corrected chi connectivity index (χ1v) is 18.2. The van der Waals surface area contributed by atoms with Crippen LogP contribution in [0.5, 0.6) is 0 Å². The molecule has 14 nitrogen and oxygen atoms in total. The number of nitrogens with zero attached hydrogens (tertiary/aromatic N) is 4. The van der Waals surface area contributed by atoms with Crippen LogP contribution in [0.4, 0.5) is 0 Å². The normalized spacial score (nSPS) is 19.3. The van der Waals surface area contributed by atoms with E-state index >= 15 is 0 Å². The number of carbonyl (C=O) groups is 3. The van der Waals surface area contributed by atoms with E-state index in [2.05, 4.69) is 31.0 Å². The van der Waals surface area contributed by atoms with E-state index in [1.54, 1.807) is 19.9 Å². The van der Waals surface area contributed by atoms with Crippen LogP contribution >= 0.6 is 0 Å². The molecule has 1 aliphatic rings. The number of aromatic nitrogens is 4. The lowest BCUT2D eigenvalue weighted by atomic mass is 10.0. The minimum Gasteiger partial charge on any atom is -0.354 e. The van der Waals surface area contributed by atoms with Gasteiger partial charge in [0.1, 0.15) is 18.4 Å². The van der Waals surface area contributed by atoms with Crippen molar-refractivity contribution in [3.05, 3.63) is 87.7 Å². The molecular formula is C35H44N8O6S. The van der Waals surface area contributed by atoms with Gasteiger partial charge in [-0.1, -0.05) is 44.2 Å². The highest BCUT2D eigenvalue weighted by Gasteiger charge is 2.30. The van der Waals surface area contributed by atoms with E-state index in [4.69, 9.17) is 0 Å². The zero-order valence-corrected chi connectivity index (χ0v) is 29.5. The Morgan fingerprint density at radius 1 is 0.920 bits per heavy atom. The fourth-order valence-electron chi connectivity index (χ4n) is 6.08. The van der Waals surface area contributed by atoms with Gasteiger partial charge in [0.15, 0.2) is 5.82 Å². The lowest BCUT2D eigenvalue weighted by Gasteiger charge is -2.26. The van der Waals surface area contributed by atoms with Gasteiger partial charge in [-0.05, 0) is 61.9 Å². The molecule has 50 heavy (non-hydrogen) atoms. The van der Waals surface area contributed by atoms with Crippen LogP contribution in [-0.4, -0.2) is 75.9 Å². The summed E-state index contributed by atoms with van der Waals surface area (Å²) in [5, 5.41) is 13.8. The molecule has 5 rings (SSSR count). The first-order chi connectivity index (χ1) is 23.8. The molecule has 0 fully saturated rings. The summed E-state index contributed by atoms with van der Waals surface area (Å²) >= 11 is 0. The van der Waals surface area contributed by atoms with E-state index in [0.29, 0.717) is 34.5 Å². The molecule has 1 aliphatic heterocycles. The number of nitrogens with one attached hydrogen (secondary N) is 4. The van der Waals surface area contributed by atoms with Gasteiger partial charge in [-0.2, -0.15) is 9.40 Å². The van der Waals surface area contributed by atoms with E-state index < -0.39 is 33.9 Å². The van der Waals surface area contributed by atoms with Crippen molar-refractivity contribution in [1.29, 1.82) is 0 Å². The summed E-state index contributed by atoms with van der Waals surface area (Å²) in [5.41, 5.74) is 1.72. The number of rotatable bonds is 5. The van der Waals surface area contributed by atoms with E-state index in [1.165, 1.54) is 27.2 Å². The van der Waals surface area contributed by atoms with E-state index in [-0.39, 0.29) is 67.7 Å². The van der Waals surface area contributed by atoms with Gasteiger partial charge >= 0.3 is 0 Å². The second kappa shape index (κ2) is 15.8. The molecule has 0 saturated carbocycles. The highest BCUT2D eigenvalue weighted by atomic mass is 32.2. The predicted molar refractivity (Wildman–Crippen MR) is 187 cm³/mol. The number of fused-ring (bicyclic) bond motifs is 2. The van der Waals surface area contributed by atoms with Crippen LogP contribution in [0.25, 0.3) is 10.9 Å². The van der Waals surface area contributed by atoms with Crippen LogP contribution in [0, 0.1) is 19.8 Å². The molecule has 0 saturated heterocycles. The Morgan fingerprint density at radius 3 is 2.40 bits per heavy atom. The van der Waals surface area contributed by atoms with Gasteiger partial charge in [0.2, 0.25) is 33.3 Å². The minimum atomic E-state index is -4.04. The van der Waals surface area contributed by atoms with Crippen LogP contribution in [0.3, 0.4) is 0 Å². The summed E-state index contributed by atoms with van der Waals surface area (Å²) in [7, 11) is -4.04. The van der Waals surface area contributed by atoms with E-state index in [1.807, 2.05) is 44.2 Å². The summed E-state index contributed by atoms with van der Waals surface area (Å²) in [5.74, 6) is -0.422. The van der Waals surface area contributed by atoms with E-state index in [0.717, 1.165) is 5.56 Å². The van der Waals surface area contributed by atoms with Gasteiger partial charge in [0.25, 0.3) is 0 Å². The third kappa shape index (κ3) is 8.82. The molecule has 2 atom stereocenters. The maximum Gasteiger partial charge on any atom is 0.248 e. The number of aromatic amines is 1. The Bertz CT molecular complexity index is 2030. The summed E-state index contributed by atoms with van der Waals surface area (Å²) < 4.78 is 30.8. The molecule has 0 aliphatic carbocycles. The smallest absolute Gasteiger partial charge is 0.248 e. The SMILES string of the molecule is Cc1nc2n(n1)CC(=O)NCCCN(S(=O)(=O)c1ccc3[nH]c(=O)cc(C)c3c1)CCCC(=O)N[C@H](Cc1ccccc1)C(=O)N[C@H]2C(C)C. The van der Waals surface area contributed by atoms with Crippen LogP contribution in [0.15, 0.2) is 64.3 Å². The number of amides is 3. The van der Waals surface area contributed by atoms with Crippen LogP contribution < -0.4 is 21.5 Å². The van der Waals surface area contributed by atoms with Crippen molar-refractivity contribution >= 4 is 38.6 Å². The Kier molecular flexibility index (Phi) is 11.5. The highest BCUT2D eigenvalue weighted by Crippen LogP contribution is 2.24. The van der Waals surface area contributed by atoms with Crippen molar-refractivity contribution in [2.24, 2.45) is 5.92 Å². The fourth-order valence-corrected chi connectivity index (χ4v) is 7.63. The summed E-state index contributed by atoms with van der Waals surface area (Å²) in [6.45, 7) is 7.44. The number of carbonyl (C=O) groups excluding carboxylic acids is 3. The zero-order chi connectivity index (χ0) is 36.0. The quantitative estimate of drug-likeness (QED) is 0.244. The molecule has 0 bridgehead atoms. The maximum atomic E-state index is 14.0. The van der Waals surface area contributed by atoms with Gasteiger partial charge in [0, 0.05) is 49.4 Å². The fraction of sp³-hybridized carbons (Fsp3) is 0.429. The van der Waals surface area contributed by atoms with Gasteiger partial charge in [-0.15, -0.1) is 0 Å². The Balaban J connectivity index is 1.44. The van der Waals surface area contributed by atoms with Crippen LogP contribution in [-0.2, 0) is 37.4 Å². The second-order valence-electron chi connectivity index (χ2n) is 13.0. The minimum absolute atomic E-state index is 0.0267. The molecule has 0 unspecified atom stereocenters. The third-order valence-corrected chi connectivity index (χ3v) is 10.5. The van der Waals surface area contributed by atoms with Gasteiger partial charge < -0.3 is 20.9 Å². The van der Waals surface area contributed by atoms with Crippen molar-refractivity contribution in [2.45, 2.75) is 76.9 Å². The topological polar surface area (TPSA) is 188 Å². The monoisotopic (exact) mass is 704 g/mol. The molecule has 15 heteroatoms. The van der Waals surface area contributed by atoms with Crippen molar-refractivity contribution in [3.63, 3.8) is 0 Å². The average Bonchev–Trinajstić information content (AvgIpc) is 3.42. The van der Waals surface area contributed by atoms with Crippen LogP contribution in [0.2, 0.25) is 0 Å². The summed E-state index contributed by atoms with van der Waals surface area (Å²) in [6, 6.07) is 13.8. The molecule has 266 valence electrons. The number of H-pyrrole nitrogens is 1. The lowest BCUT2D eigenvalue weighted by Crippen LogP contribution is -2.50. The number of aryl methyl sites for hydroxylation is 2. The van der Waals surface area contributed by atoms with E-state index in [9.17, 15) is 27.6 Å². The molecular weight excluding hydrogens is 661 g/mol. The molecule has 2 aromatic heterocycles. The van der Waals surface area contributed by atoms with Crippen molar-refractivity contribution in [3.8, 4) is 0 Å². The van der Waals surface area contributed by atoms with Crippen molar-refractivity contribution < 1.29 is 22.8 Å². The lowest BCUT2D eigenvalue weighted by molar-refractivity contribution is -0.129. The number of hydrogen-bond donors (Lipinski definition) is 4. The molecule has 0 radical (unpaired) electrons. The second-order valence-corrected chi connectivity index (χ2v) is 14.9. The Labute approximate surface area is 291 Å². The standard InChI is InChI=1S/C35H44N8O6S/c1-22(2)33-34-37-24(4)41-43(34)21-32(46)36-15-9-17-42(50(48,49)26-13-14-28-27(20-26)23(3)18-31(45)38-28)16-8-12-30(44)39-29(35(47)40-33)19-25-10-6-5-7-11-25/h5-7,10-11,13-14,18,20,22,29,33H,8-9,12,15-17,19,21H2,1-4H3,(H,36,46)(H,38,45)(H,39,44)(H,40,47)/t29-,33+/m1/s1. The first kappa shape index (κ1) is 36.4. The summed E-state index contributed by atoms with van der Waals surface area (Å²) in [6.07, 6.45) is 0.698. The molecule has 2 aromatic carbocycles. The van der Waals surface area contributed by atoms with Gasteiger partial charge in [0.05, 0.1) is 10.9 Å².